The van der Waals surface area contributed by atoms with E-state index in [1.807, 2.05) is 29.8 Å². The third-order valence-electron chi connectivity index (χ3n) is 3.17. The summed E-state index contributed by atoms with van der Waals surface area (Å²) in [6.07, 6.45) is 2.49. The number of hydrogen-bond acceptors (Lipinski definition) is 3. The van der Waals surface area contributed by atoms with Gasteiger partial charge in [0.15, 0.2) is 0 Å². The van der Waals surface area contributed by atoms with Crippen molar-refractivity contribution in [2.75, 3.05) is 13.6 Å². The van der Waals surface area contributed by atoms with Crippen LogP contribution in [0.15, 0.2) is 24.5 Å². The highest BCUT2D eigenvalue weighted by Gasteiger charge is 2.13. The van der Waals surface area contributed by atoms with Crippen LogP contribution in [-0.2, 0) is 23.1 Å². The van der Waals surface area contributed by atoms with Crippen LogP contribution in [0, 0.1) is 0 Å². The van der Waals surface area contributed by atoms with Gasteiger partial charge in [-0.25, -0.2) is 4.98 Å². The lowest BCUT2D eigenvalue weighted by atomic mass is 10.1. The highest BCUT2D eigenvalue weighted by Crippen LogP contribution is 2.14. The molecule has 0 bridgehead atoms. The van der Waals surface area contributed by atoms with E-state index in [9.17, 15) is 9.59 Å². The number of aryl methyl sites for hydroxylation is 1. The lowest BCUT2D eigenvalue weighted by Gasteiger charge is -2.15. The second-order valence-corrected chi connectivity index (χ2v) is 4.71. The van der Waals surface area contributed by atoms with Gasteiger partial charge in [-0.2, -0.15) is 0 Å². The summed E-state index contributed by atoms with van der Waals surface area (Å²) in [4.78, 5) is 28.2. The molecule has 0 spiro atoms. The van der Waals surface area contributed by atoms with Crippen molar-refractivity contribution in [3.05, 3.63) is 30.1 Å². The Bertz CT molecular complexity index is 631. The third-order valence-corrected chi connectivity index (χ3v) is 3.17. The third kappa shape index (κ3) is 2.81. The van der Waals surface area contributed by atoms with E-state index in [4.69, 9.17) is 0 Å². The molecule has 19 heavy (non-hydrogen) atoms. The van der Waals surface area contributed by atoms with Gasteiger partial charge in [0.2, 0.25) is 5.78 Å². The van der Waals surface area contributed by atoms with Gasteiger partial charge in [0.25, 0.3) is 5.91 Å². The van der Waals surface area contributed by atoms with E-state index in [0.29, 0.717) is 13.0 Å². The zero-order chi connectivity index (χ0) is 14.0. The molecule has 1 aromatic carbocycles. The monoisotopic (exact) mass is 259 g/mol. The Morgan fingerprint density at radius 1 is 1.37 bits per heavy atom. The van der Waals surface area contributed by atoms with Gasteiger partial charge in [-0.1, -0.05) is 6.07 Å². The van der Waals surface area contributed by atoms with Gasteiger partial charge in [0, 0.05) is 27.6 Å². The first-order chi connectivity index (χ1) is 8.99. The SMILES string of the molecule is CC(=O)C(=O)N(C)CCc1ccc2c(c1)ncn2C. The second-order valence-electron chi connectivity index (χ2n) is 4.71. The van der Waals surface area contributed by atoms with Crippen LogP contribution in [0.25, 0.3) is 11.0 Å². The number of aromatic nitrogens is 2. The van der Waals surface area contributed by atoms with Crippen LogP contribution in [0.2, 0.25) is 0 Å². The number of hydrogen-bond donors (Lipinski definition) is 0. The number of imidazole rings is 1. The molecule has 100 valence electrons. The van der Waals surface area contributed by atoms with Gasteiger partial charge in [0.05, 0.1) is 17.4 Å². The van der Waals surface area contributed by atoms with E-state index >= 15 is 0 Å². The largest absolute Gasteiger partial charge is 0.339 e. The molecule has 0 atom stereocenters. The fourth-order valence-electron chi connectivity index (χ4n) is 2.00. The average molecular weight is 259 g/mol. The number of nitrogens with zero attached hydrogens (tertiary/aromatic N) is 3. The van der Waals surface area contributed by atoms with Gasteiger partial charge in [-0.3, -0.25) is 9.59 Å². The molecule has 5 nitrogen and oxygen atoms in total. The molecule has 1 aromatic heterocycles. The molecule has 1 amide bonds. The average Bonchev–Trinajstić information content (AvgIpc) is 2.76. The maximum Gasteiger partial charge on any atom is 0.289 e. The molecule has 0 radical (unpaired) electrons. The number of fused-ring (bicyclic) bond motifs is 1. The summed E-state index contributed by atoms with van der Waals surface area (Å²) in [5.41, 5.74) is 3.13. The summed E-state index contributed by atoms with van der Waals surface area (Å²) >= 11 is 0. The van der Waals surface area contributed by atoms with Crippen LogP contribution >= 0.6 is 0 Å². The zero-order valence-electron chi connectivity index (χ0n) is 11.4. The molecule has 1 heterocycles. The van der Waals surface area contributed by atoms with Gasteiger partial charge >= 0.3 is 0 Å². The second kappa shape index (κ2) is 5.22. The molecule has 0 unspecified atom stereocenters. The highest BCUT2D eigenvalue weighted by molar-refractivity contribution is 6.34. The molecule has 0 saturated carbocycles. The maximum absolute atomic E-state index is 11.4. The predicted molar refractivity (Wildman–Crippen MR) is 72.7 cm³/mol. The Balaban J connectivity index is 2.05. The number of rotatable bonds is 4. The summed E-state index contributed by atoms with van der Waals surface area (Å²) in [5.74, 6) is -0.874. The molecular weight excluding hydrogens is 242 g/mol. The quantitative estimate of drug-likeness (QED) is 0.774. The van der Waals surface area contributed by atoms with E-state index in [2.05, 4.69) is 4.98 Å². The predicted octanol–water partition coefficient (Wildman–Crippen LogP) is 1.16. The molecule has 0 saturated heterocycles. The Kier molecular flexibility index (Phi) is 3.64. The summed E-state index contributed by atoms with van der Waals surface area (Å²) in [6, 6.07) is 6.06. The molecule has 0 fully saturated rings. The first-order valence-corrected chi connectivity index (χ1v) is 6.15. The maximum atomic E-state index is 11.4. The number of amides is 1. The number of carbonyl (C=O) groups excluding carboxylic acids is 2. The standard InChI is InChI=1S/C14H17N3O2/c1-10(18)14(19)16(2)7-6-11-4-5-13-12(8-11)15-9-17(13)3/h4-5,8-9H,6-7H2,1-3H3. The Labute approximate surface area is 111 Å². The van der Waals surface area contributed by atoms with Crippen molar-refractivity contribution in [1.29, 1.82) is 0 Å². The van der Waals surface area contributed by atoms with E-state index in [0.717, 1.165) is 16.6 Å². The number of carbonyl (C=O) groups is 2. The van der Waals surface area contributed by atoms with Crippen molar-refractivity contribution in [3.8, 4) is 0 Å². The number of likely N-dealkylation sites (N-methyl/N-ethyl adjacent to an activating group) is 1. The smallest absolute Gasteiger partial charge is 0.289 e. The van der Waals surface area contributed by atoms with Crippen LogP contribution < -0.4 is 0 Å². The van der Waals surface area contributed by atoms with Gasteiger partial charge in [0.1, 0.15) is 0 Å². The number of ketones is 1. The molecule has 0 aliphatic rings. The zero-order valence-corrected chi connectivity index (χ0v) is 11.4. The van der Waals surface area contributed by atoms with Crippen LogP contribution in [0.3, 0.4) is 0 Å². The summed E-state index contributed by atoms with van der Waals surface area (Å²) in [6.45, 7) is 1.82. The fourth-order valence-corrected chi connectivity index (χ4v) is 2.00. The van der Waals surface area contributed by atoms with E-state index in [-0.39, 0.29) is 0 Å². The molecule has 2 rings (SSSR count). The van der Waals surface area contributed by atoms with Crippen LogP contribution in [0.4, 0.5) is 0 Å². The van der Waals surface area contributed by atoms with Crippen LogP contribution in [0.1, 0.15) is 12.5 Å². The van der Waals surface area contributed by atoms with Crippen molar-refractivity contribution in [2.45, 2.75) is 13.3 Å². The first kappa shape index (κ1) is 13.3. The first-order valence-electron chi connectivity index (χ1n) is 6.15. The number of benzene rings is 1. The van der Waals surface area contributed by atoms with Crippen molar-refractivity contribution in [2.24, 2.45) is 7.05 Å². The molecule has 0 aliphatic heterocycles. The molecule has 0 N–H and O–H groups in total. The van der Waals surface area contributed by atoms with E-state index in [1.54, 1.807) is 13.4 Å². The number of Topliss-reactive ketones (excluding diaryl/α,β-unsaturated/α-hetero) is 1. The van der Waals surface area contributed by atoms with E-state index in [1.165, 1.54) is 11.8 Å². The molecule has 0 aliphatic carbocycles. The van der Waals surface area contributed by atoms with Crippen molar-refractivity contribution in [1.82, 2.24) is 14.5 Å². The summed E-state index contributed by atoms with van der Waals surface area (Å²) < 4.78 is 1.96. The normalized spacial score (nSPS) is 10.7. The fraction of sp³-hybridized carbons (Fsp3) is 0.357. The van der Waals surface area contributed by atoms with Crippen molar-refractivity contribution >= 4 is 22.7 Å². The van der Waals surface area contributed by atoms with E-state index < -0.39 is 11.7 Å². The van der Waals surface area contributed by atoms with Crippen LogP contribution in [0.5, 0.6) is 0 Å². The van der Waals surface area contributed by atoms with Gasteiger partial charge < -0.3 is 9.47 Å². The Morgan fingerprint density at radius 2 is 2.11 bits per heavy atom. The van der Waals surface area contributed by atoms with Crippen LogP contribution in [-0.4, -0.2) is 39.7 Å². The minimum atomic E-state index is -0.445. The minimum absolute atomic E-state index is 0.428. The van der Waals surface area contributed by atoms with Gasteiger partial charge in [-0.05, 0) is 24.1 Å². The van der Waals surface area contributed by atoms with Gasteiger partial charge in [-0.15, -0.1) is 0 Å². The molecule has 5 heteroatoms. The highest BCUT2D eigenvalue weighted by atomic mass is 16.2. The summed E-state index contributed by atoms with van der Waals surface area (Å²) in [5, 5.41) is 0. The molecule has 2 aromatic rings. The molecular formula is C14H17N3O2. The minimum Gasteiger partial charge on any atom is -0.339 e. The lowest BCUT2D eigenvalue weighted by Crippen LogP contribution is -2.33. The van der Waals surface area contributed by atoms with Crippen molar-refractivity contribution < 1.29 is 9.59 Å². The summed E-state index contributed by atoms with van der Waals surface area (Å²) in [7, 11) is 3.59. The topological polar surface area (TPSA) is 55.2 Å². The lowest BCUT2D eigenvalue weighted by molar-refractivity contribution is -0.142. The Morgan fingerprint density at radius 3 is 2.79 bits per heavy atom. The Hall–Kier alpha value is -2.17. The van der Waals surface area contributed by atoms with Crippen molar-refractivity contribution in [3.63, 3.8) is 0 Å².